The molecular weight excluding hydrogens is 484 g/mol. The molecule has 1 aliphatic carbocycles. The second-order valence-corrected chi connectivity index (χ2v) is 9.16. The lowest BCUT2D eigenvalue weighted by molar-refractivity contribution is -0.126. The van der Waals surface area contributed by atoms with Crippen molar-refractivity contribution in [3.8, 4) is 23.0 Å². The Morgan fingerprint density at radius 3 is 2.11 bits per heavy atom. The van der Waals surface area contributed by atoms with Crippen LogP contribution >= 0.6 is 12.4 Å². The number of Topliss-reactive ketones (excluding diaryl/α,β-unsaturated/α-hetero) is 1. The first-order chi connectivity index (χ1) is 16.9. The van der Waals surface area contributed by atoms with Gasteiger partial charge in [0.25, 0.3) is 11.7 Å². The minimum Gasteiger partial charge on any atom is -0.493 e. The van der Waals surface area contributed by atoms with Gasteiger partial charge in [0.05, 0.1) is 28.4 Å². The number of likely N-dealkylation sites (N-methyl/N-ethyl adjacent to an activating group) is 1. The van der Waals surface area contributed by atoms with Crippen molar-refractivity contribution in [2.45, 2.75) is 25.2 Å². The van der Waals surface area contributed by atoms with E-state index in [4.69, 9.17) is 18.9 Å². The highest BCUT2D eigenvalue weighted by atomic mass is 35.5. The molecule has 0 spiro atoms. The Bertz CT molecular complexity index is 1120. The third-order valence-electron chi connectivity index (χ3n) is 7.04. The van der Waals surface area contributed by atoms with Crippen LogP contribution in [-0.2, 0) is 17.6 Å². The van der Waals surface area contributed by atoms with Crippen LogP contribution in [0.4, 0.5) is 0 Å². The highest BCUT2D eigenvalue weighted by molar-refractivity contribution is 6.43. The number of amides is 1. The molecule has 0 unspecified atom stereocenters. The van der Waals surface area contributed by atoms with Gasteiger partial charge in [-0.1, -0.05) is 0 Å². The molecule has 0 bridgehead atoms. The van der Waals surface area contributed by atoms with Crippen LogP contribution in [0.15, 0.2) is 24.3 Å². The Kier molecular flexibility index (Phi) is 9.08. The summed E-state index contributed by atoms with van der Waals surface area (Å²) in [6.45, 7) is 2.82. The summed E-state index contributed by atoms with van der Waals surface area (Å²) in [4.78, 5) is 29.8. The number of carbonyl (C=O) groups is 2. The summed E-state index contributed by atoms with van der Waals surface area (Å²) in [5, 5.41) is 0. The standard InChI is InChI=1S/C27H34N2O6.ClH/c1-28(16-19-11-18-13-23(33-3)24(34-4)14-20(18)19)8-6-9-29-10-7-17-12-22(32-2)25(35-5)15-21(17)26(30)27(29)31;/h12-15,19H,6-11,16H2,1-5H3;1H/t19-;/m1./s1. The van der Waals surface area contributed by atoms with E-state index >= 15 is 0 Å². The predicted octanol–water partition coefficient (Wildman–Crippen LogP) is 3.37. The van der Waals surface area contributed by atoms with Crippen LogP contribution in [-0.4, -0.2) is 83.2 Å². The largest absolute Gasteiger partial charge is 0.493 e. The van der Waals surface area contributed by atoms with Gasteiger partial charge in [0.15, 0.2) is 23.0 Å². The van der Waals surface area contributed by atoms with Gasteiger partial charge in [-0.15, -0.1) is 12.4 Å². The third-order valence-corrected chi connectivity index (χ3v) is 7.04. The van der Waals surface area contributed by atoms with Gasteiger partial charge >= 0.3 is 0 Å². The Morgan fingerprint density at radius 2 is 1.47 bits per heavy atom. The van der Waals surface area contributed by atoms with E-state index in [-0.39, 0.29) is 12.4 Å². The normalized spacial score (nSPS) is 16.4. The minimum atomic E-state index is -0.484. The number of nitrogens with zero attached hydrogens (tertiary/aromatic N) is 2. The SMILES string of the molecule is COc1cc2c(cc1OC)C(=O)C(=O)N(CCCN(C)C[C@H]1Cc3cc(OC)c(OC)cc31)CC2.Cl. The molecule has 0 aromatic heterocycles. The molecule has 2 aliphatic rings. The average molecular weight is 519 g/mol. The van der Waals surface area contributed by atoms with Gasteiger partial charge in [-0.2, -0.15) is 0 Å². The number of halogens is 1. The summed E-state index contributed by atoms with van der Waals surface area (Å²) in [6.07, 6.45) is 2.42. The smallest absolute Gasteiger partial charge is 0.294 e. The van der Waals surface area contributed by atoms with Gasteiger partial charge in [-0.25, -0.2) is 0 Å². The molecule has 2 aromatic rings. The maximum atomic E-state index is 12.9. The molecule has 1 amide bonds. The lowest BCUT2D eigenvalue weighted by Gasteiger charge is -2.34. The van der Waals surface area contributed by atoms with Gasteiger partial charge < -0.3 is 28.7 Å². The minimum absolute atomic E-state index is 0. The molecule has 1 atom stereocenters. The molecule has 1 heterocycles. The number of hydrogen-bond donors (Lipinski definition) is 0. The van der Waals surface area contributed by atoms with Gasteiger partial charge in [-0.05, 0) is 73.8 Å². The first-order valence-electron chi connectivity index (χ1n) is 11.9. The molecule has 1 aliphatic heterocycles. The Hall–Kier alpha value is -2.97. The first-order valence-corrected chi connectivity index (χ1v) is 11.9. The lowest BCUT2D eigenvalue weighted by atomic mass is 9.77. The average Bonchev–Trinajstić information content (AvgIpc) is 2.97. The summed E-state index contributed by atoms with van der Waals surface area (Å²) >= 11 is 0. The van der Waals surface area contributed by atoms with Crippen molar-refractivity contribution in [3.05, 3.63) is 46.5 Å². The summed E-state index contributed by atoms with van der Waals surface area (Å²) < 4.78 is 21.5. The van der Waals surface area contributed by atoms with Crippen LogP contribution in [0.3, 0.4) is 0 Å². The van der Waals surface area contributed by atoms with E-state index in [0.717, 1.165) is 43.0 Å². The molecule has 4 rings (SSSR count). The summed E-state index contributed by atoms with van der Waals surface area (Å²) in [6, 6.07) is 7.57. The van der Waals surface area contributed by atoms with Crippen LogP contribution in [0.25, 0.3) is 0 Å². The highest BCUT2D eigenvalue weighted by Gasteiger charge is 2.31. The van der Waals surface area contributed by atoms with Crippen LogP contribution in [0.2, 0.25) is 0 Å². The topological polar surface area (TPSA) is 77.5 Å². The van der Waals surface area contributed by atoms with Gasteiger partial charge in [0.1, 0.15) is 0 Å². The van der Waals surface area contributed by atoms with Crippen molar-refractivity contribution in [1.82, 2.24) is 9.80 Å². The molecule has 8 nitrogen and oxygen atoms in total. The second kappa shape index (κ2) is 11.8. The predicted molar refractivity (Wildman–Crippen MR) is 140 cm³/mol. The van der Waals surface area contributed by atoms with E-state index in [1.165, 1.54) is 18.2 Å². The van der Waals surface area contributed by atoms with Crippen LogP contribution in [0.1, 0.15) is 39.4 Å². The third kappa shape index (κ3) is 5.39. The van der Waals surface area contributed by atoms with E-state index < -0.39 is 11.7 Å². The quantitative estimate of drug-likeness (QED) is 0.446. The van der Waals surface area contributed by atoms with E-state index in [9.17, 15) is 9.59 Å². The molecule has 0 N–H and O–H groups in total. The van der Waals surface area contributed by atoms with Gasteiger partial charge in [0.2, 0.25) is 0 Å². The molecule has 2 aromatic carbocycles. The number of methoxy groups -OCH3 is 4. The van der Waals surface area contributed by atoms with Crippen LogP contribution < -0.4 is 18.9 Å². The maximum Gasteiger partial charge on any atom is 0.294 e. The second-order valence-electron chi connectivity index (χ2n) is 9.16. The maximum absolute atomic E-state index is 12.9. The van der Waals surface area contributed by atoms with Crippen LogP contribution in [0, 0.1) is 0 Å². The fraction of sp³-hybridized carbons (Fsp3) is 0.481. The van der Waals surface area contributed by atoms with Crippen molar-refractivity contribution in [1.29, 1.82) is 0 Å². The first kappa shape index (κ1) is 27.6. The van der Waals surface area contributed by atoms with Gasteiger partial charge in [-0.3, -0.25) is 9.59 Å². The summed E-state index contributed by atoms with van der Waals surface area (Å²) in [5.41, 5.74) is 3.84. The number of rotatable bonds is 10. The Balaban J connectivity index is 0.00000361. The van der Waals surface area contributed by atoms with Crippen LogP contribution in [0.5, 0.6) is 23.0 Å². The molecular formula is C27H35ClN2O6. The summed E-state index contributed by atoms with van der Waals surface area (Å²) in [7, 11) is 8.49. The zero-order chi connectivity index (χ0) is 25.1. The van der Waals surface area contributed by atoms with Crippen molar-refractivity contribution >= 4 is 24.1 Å². The van der Waals surface area contributed by atoms with Crippen molar-refractivity contribution in [2.24, 2.45) is 0 Å². The number of carbonyl (C=O) groups excluding carboxylic acids is 2. The molecule has 0 saturated heterocycles. The highest BCUT2D eigenvalue weighted by Crippen LogP contribution is 2.42. The zero-order valence-electron chi connectivity index (χ0n) is 21.6. The number of benzene rings is 2. The number of ketones is 1. The Morgan fingerprint density at radius 1 is 0.889 bits per heavy atom. The zero-order valence-corrected chi connectivity index (χ0v) is 22.4. The number of fused-ring (bicyclic) bond motifs is 2. The lowest BCUT2D eigenvalue weighted by Crippen LogP contribution is -2.38. The molecule has 0 radical (unpaired) electrons. The molecule has 9 heteroatoms. The van der Waals surface area contributed by atoms with Crippen molar-refractivity contribution in [2.75, 3.05) is 61.7 Å². The number of hydrogen-bond acceptors (Lipinski definition) is 7. The van der Waals surface area contributed by atoms with E-state index in [0.29, 0.717) is 42.5 Å². The monoisotopic (exact) mass is 518 g/mol. The fourth-order valence-corrected chi connectivity index (χ4v) is 5.07. The molecule has 0 fully saturated rings. The number of ether oxygens (including phenoxy) is 4. The fourth-order valence-electron chi connectivity index (χ4n) is 5.07. The molecule has 0 saturated carbocycles. The van der Waals surface area contributed by atoms with E-state index in [2.05, 4.69) is 24.1 Å². The van der Waals surface area contributed by atoms with E-state index in [1.807, 2.05) is 0 Å². The molecule has 36 heavy (non-hydrogen) atoms. The Labute approximate surface area is 218 Å². The van der Waals surface area contributed by atoms with E-state index in [1.54, 1.807) is 38.4 Å². The molecule has 196 valence electrons. The van der Waals surface area contributed by atoms with Crippen molar-refractivity contribution in [3.63, 3.8) is 0 Å². The van der Waals surface area contributed by atoms with Gasteiger partial charge in [0, 0.05) is 31.1 Å². The van der Waals surface area contributed by atoms with Crippen molar-refractivity contribution < 1.29 is 28.5 Å². The summed E-state index contributed by atoms with van der Waals surface area (Å²) in [5.74, 6) is 2.07.